The molecule has 17 heavy (non-hydrogen) atoms. The summed E-state index contributed by atoms with van der Waals surface area (Å²) in [6.07, 6.45) is 3.83. The van der Waals surface area contributed by atoms with Gasteiger partial charge in [-0.25, -0.2) is 0 Å². The van der Waals surface area contributed by atoms with Crippen LogP contribution in [0.1, 0.15) is 18.4 Å². The standard InChI is InChI=1S/C12H16ClN3O/c13-7-1-2-8-15-16-11-5-3-10(4-6-11)9-12(14)17/h3-6,8,16H,1-2,7,9H2,(H2,14,17)/b15-8-. The lowest BCUT2D eigenvalue weighted by Crippen LogP contribution is -2.13. The van der Waals surface area contributed by atoms with Crippen LogP contribution in [0.15, 0.2) is 29.4 Å². The second kappa shape index (κ2) is 7.68. The Balaban J connectivity index is 2.40. The molecule has 0 atom stereocenters. The number of nitrogens with two attached hydrogens (primary N) is 1. The van der Waals surface area contributed by atoms with E-state index in [1.165, 1.54) is 0 Å². The van der Waals surface area contributed by atoms with E-state index in [-0.39, 0.29) is 12.3 Å². The van der Waals surface area contributed by atoms with Crippen molar-refractivity contribution in [3.05, 3.63) is 29.8 Å². The summed E-state index contributed by atoms with van der Waals surface area (Å²) in [6.45, 7) is 0. The van der Waals surface area contributed by atoms with E-state index < -0.39 is 0 Å². The third-order valence-electron chi connectivity index (χ3n) is 2.08. The lowest BCUT2D eigenvalue weighted by atomic mass is 10.1. The van der Waals surface area contributed by atoms with E-state index in [0.29, 0.717) is 5.88 Å². The van der Waals surface area contributed by atoms with E-state index in [9.17, 15) is 4.79 Å². The molecule has 3 N–H and O–H groups in total. The molecule has 1 aromatic carbocycles. The van der Waals surface area contributed by atoms with E-state index in [1.54, 1.807) is 6.21 Å². The number of halogens is 1. The maximum atomic E-state index is 10.7. The van der Waals surface area contributed by atoms with Gasteiger partial charge in [0.15, 0.2) is 0 Å². The maximum Gasteiger partial charge on any atom is 0.221 e. The van der Waals surface area contributed by atoms with E-state index >= 15 is 0 Å². The summed E-state index contributed by atoms with van der Waals surface area (Å²) in [5, 5.41) is 4.04. The van der Waals surface area contributed by atoms with Crippen molar-refractivity contribution in [1.29, 1.82) is 0 Å². The largest absolute Gasteiger partial charge is 0.369 e. The Hall–Kier alpha value is -1.55. The Morgan fingerprint density at radius 2 is 2.12 bits per heavy atom. The van der Waals surface area contributed by atoms with Crippen LogP contribution in [0.4, 0.5) is 5.69 Å². The van der Waals surface area contributed by atoms with Gasteiger partial charge in [0.25, 0.3) is 0 Å². The van der Waals surface area contributed by atoms with Crippen molar-refractivity contribution in [3.8, 4) is 0 Å². The zero-order valence-electron chi connectivity index (χ0n) is 9.53. The fraction of sp³-hybridized carbons (Fsp3) is 0.333. The molecule has 0 aliphatic heterocycles. The molecule has 0 bridgehead atoms. The number of hydrazone groups is 1. The molecule has 1 amide bonds. The number of nitrogens with zero attached hydrogens (tertiary/aromatic N) is 1. The van der Waals surface area contributed by atoms with E-state index in [1.807, 2.05) is 24.3 Å². The zero-order chi connectivity index (χ0) is 12.5. The fourth-order valence-electron chi connectivity index (χ4n) is 1.25. The summed E-state index contributed by atoms with van der Waals surface area (Å²) in [5.74, 6) is 0.318. The minimum Gasteiger partial charge on any atom is -0.369 e. The number of unbranched alkanes of at least 4 members (excludes halogenated alkanes) is 1. The molecule has 1 aromatic rings. The number of amides is 1. The molecule has 0 aliphatic rings. The number of anilines is 1. The van der Waals surface area contributed by atoms with Crippen LogP contribution in [0.5, 0.6) is 0 Å². The third-order valence-corrected chi connectivity index (χ3v) is 2.35. The van der Waals surface area contributed by atoms with Crippen molar-refractivity contribution in [2.45, 2.75) is 19.3 Å². The van der Waals surface area contributed by atoms with Gasteiger partial charge in [-0.2, -0.15) is 5.10 Å². The van der Waals surface area contributed by atoms with Gasteiger partial charge in [-0.1, -0.05) is 12.1 Å². The van der Waals surface area contributed by atoms with Gasteiger partial charge in [0.2, 0.25) is 5.91 Å². The monoisotopic (exact) mass is 253 g/mol. The number of primary amides is 1. The molecule has 1 rings (SSSR count). The molecule has 92 valence electrons. The molecule has 0 fully saturated rings. The van der Waals surface area contributed by atoms with Gasteiger partial charge in [-0.15, -0.1) is 11.6 Å². The molecular formula is C12H16ClN3O. The maximum absolute atomic E-state index is 10.7. The lowest BCUT2D eigenvalue weighted by Gasteiger charge is -2.01. The number of alkyl halides is 1. The second-order valence-corrected chi connectivity index (χ2v) is 3.97. The molecule has 0 unspecified atom stereocenters. The normalized spacial score (nSPS) is 10.6. The molecule has 4 nitrogen and oxygen atoms in total. The highest BCUT2D eigenvalue weighted by molar-refractivity contribution is 6.17. The Kier molecular flexibility index (Phi) is 6.10. The molecule has 5 heteroatoms. The van der Waals surface area contributed by atoms with Crippen LogP contribution in [0.3, 0.4) is 0 Å². The van der Waals surface area contributed by atoms with Crippen LogP contribution in [-0.2, 0) is 11.2 Å². The number of nitrogens with one attached hydrogen (secondary N) is 1. The molecule has 0 saturated heterocycles. The van der Waals surface area contributed by atoms with E-state index in [0.717, 1.165) is 24.1 Å². The highest BCUT2D eigenvalue weighted by Gasteiger charge is 1.97. The zero-order valence-corrected chi connectivity index (χ0v) is 10.3. The van der Waals surface area contributed by atoms with Crippen molar-refractivity contribution >= 4 is 29.4 Å². The van der Waals surface area contributed by atoms with Crippen molar-refractivity contribution in [1.82, 2.24) is 0 Å². The molecule has 0 saturated carbocycles. The molecule has 0 radical (unpaired) electrons. The van der Waals surface area contributed by atoms with Gasteiger partial charge in [0, 0.05) is 12.1 Å². The summed E-state index contributed by atoms with van der Waals surface area (Å²) >= 11 is 5.54. The van der Waals surface area contributed by atoms with Crippen LogP contribution >= 0.6 is 11.6 Å². The second-order valence-electron chi connectivity index (χ2n) is 3.59. The summed E-state index contributed by atoms with van der Waals surface area (Å²) in [4.78, 5) is 10.7. The van der Waals surface area contributed by atoms with Crippen LogP contribution in [0.2, 0.25) is 0 Å². The predicted octanol–water partition coefficient (Wildman–Crippen LogP) is 2.13. The molecular weight excluding hydrogens is 238 g/mol. The van der Waals surface area contributed by atoms with Gasteiger partial charge in [0.05, 0.1) is 12.1 Å². The Morgan fingerprint density at radius 1 is 1.41 bits per heavy atom. The summed E-state index contributed by atoms with van der Waals surface area (Å²) in [6, 6.07) is 7.41. The number of carbonyl (C=O) groups excluding carboxylic acids is 1. The van der Waals surface area contributed by atoms with Crippen molar-refractivity contribution in [2.24, 2.45) is 10.8 Å². The minimum absolute atomic E-state index is 0.263. The average molecular weight is 254 g/mol. The number of carbonyl (C=O) groups is 1. The first-order chi connectivity index (χ1) is 8.22. The van der Waals surface area contributed by atoms with Crippen molar-refractivity contribution in [3.63, 3.8) is 0 Å². The lowest BCUT2D eigenvalue weighted by molar-refractivity contribution is -0.117. The molecule has 0 heterocycles. The number of hydrogen-bond donors (Lipinski definition) is 2. The molecule has 0 spiro atoms. The summed E-state index contributed by atoms with van der Waals surface area (Å²) in [5.41, 5.74) is 9.77. The average Bonchev–Trinajstić information content (AvgIpc) is 2.30. The third kappa shape index (κ3) is 5.92. The molecule has 0 aliphatic carbocycles. The number of rotatable bonds is 7. The van der Waals surface area contributed by atoms with E-state index in [2.05, 4.69) is 10.5 Å². The predicted molar refractivity (Wildman–Crippen MR) is 71.4 cm³/mol. The number of benzene rings is 1. The fourth-order valence-corrected chi connectivity index (χ4v) is 1.41. The summed E-state index contributed by atoms with van der Waals surface area (Å²) < 4.78 is 0. The first-order valence-corrected chi connectivity index (χ1v) is 5.96. The van der Waals surface area contributed by atoms with Crippen molar-refractivity contribution < 1.29 is 4.79 Å². The van der Waals surface area contributed by atoms with Gasteiger partial charge in [-0.3, -0.25) is 10.2 Å². The highest BCUT2D eigenvalue weighted by Crippen LogP contribution is 2.09. The first-order valence-electron chi connectivity index (χ1n) is 5.43. The smallest absolute Gasteiger partial charge is 0.221 e. The highest BCUT2D eigenvalue weighted by atomic mass is 35.5. The van der Waals surface area contributed by atoms with E-state index in [4.69, 9.17) is 17.3 Å². The Morgan fingerprint density at radius 3 is 2.71 bits per heavy atom. The van der Waals surface area contributed by atoms with Crippen LogP contribution in [-0.4, -0.2) is 18.0 Å². The van der Waals surface area contributed by atoms with Crippen LogP contribution in [0.25, 0.3) is 0 Å². The number of hydrogen-bond acceptors (Lipinski definition) is 3. The molecule has 0 aromatic heterocycles. The summed E-state index contributed by atoms with van der Waals surface area (Å²) in [7, 11) is 0. The van der Waals surface area contributed by atoms with Gasteiger partial charge < -0.3 is 5.73 Å². The quantitative estimate of drug-likeness (QED) is 0.338. The van der Waals surface area contributed by atoms with Crippen molar-refractivity contribution in [2.75, 3.05) is 11.3 Å². The SMILES string of the molecule is NC(=O)Cc1ccc(N/N=C\CCCCl)cc1. The van der Waals surface area contributed by atoms with Gasteiger partial charge >= 0.3 is 0 Å². The van der Waals surface area contributed by atoms with Gasteiger partial charge in [-0.05, 0) is 30.5 Å². The topological polar surface area (TPSA) is 67.5 Å². The van der Waals surface area contributed by atoms with Crippen LogP contribution in [0, 0.1) is 0 Å². The Bertz CT molecular complexity index is 376. The first kappa shape index (κ1) is 13.5. The Labute approximate surface area is 106 Å². The van der Waals surface area contributed by atoms with Crippen LogP contribution < -0.4 is 11.2 Å². The minimum atomic E-state index is -0.329. The van der Waals surface area contributed by atoms with Gasteiger partial charge in [0.1, 0.15) is 0 Å².